The lowest BCUT2D eigenvalue weighted by molar-refractivity contribution is -0.124. The van der Waals surface area contributed by atoms with Crippen LogP contribution >= 0.6 is 0 Å². The molecule has 1 heterocycles. The minimum Gasteiger partial charge on any atom is -0.371 e. The molecule has 0 radical (unpaired) electrons. The van der Waals surface area contributed by atoms with Crippen molar-refractivity contribution in [2.45, 2.75) is 25.4 Å². The van der Waals surface area contributed by atoms with E-state index in [9.17, 15) is 4.79 Å². The van der Waals surface area contributed by atoms with E-state index in [0.29, 0.717) is 6.54 Å². The van der Waals surface area contributed by atoms with Crippen LogP contribution in [0.25, 0.3) is 0 Å². The highest BCUT2D eigenvalue weighted by molar-refractivity contribution is 5.80. The summed E-state index contributed by atoms with van der Waals surface area (Å²) in [6.45, 7) is 5.11. The van der Waals surface area contributed by atoms with Gasteiger partial charge in [0.15, 0.2) is 0 Å². The van der Waals surface area contributed by atoms with Crippen LogP contribution in [-0.4, -0.2) is 37.7 Å². The Bertz CT molecular complexity index is 220. The quantitative estimate of drug-likeness (QED) is 0.665. The van der Waals surface area contributed by atoms with E-state index in [-0.39, 0.29) is 17.4 Å². The first-order chi connectivity index (χ1) is 6.70. The minimum atomic E-state index is -0.219. The molecule has 2 N–H and O–H groups in total. The second-order valence-corrected chi connectivity index (χ2v) is 4.47. The summed E-state index contributed by atoms with van der Waals surface area (Å²) in [7, 11) is 0. The van der Waals surface area contributed by atoms with Crippen LogP contribution in [0.1, 0.15) is 19.8 Å². The molecule has 1 atom stereocenters. The van der Waals surface area contributed by atoms with Crippen molar-refractivity contribution in [3.63, 3.8) is 0 Å². The van der Waals surface area contributed by atoms with E-state index in [2.05, 4.69) is 10.6 Å². The van der Waals surface area contributed by atoms with Crippen LogP contribution in [0.2, 0.25) is 0 Å². The molecular formula is C10H18N2O2. The van der Waals surface area contributed by atoms with Crippen molar-refractivity contribution in [3.05, 3.63) is 0 Å². The monoisotopic (exact) mass is 198 g/mol. The molecule has 80 valence electrons. The number of carbonyl (C=O) groups excluding carboxylic acids is 1. The predicted molar refractivity (Wildman–Crippen MR) is 53.0 cm³/mol. The highest BCUT2D eigenvalue weighted by Gasteiger charge is 2.33. The van der Waals surface area contributed by atoms with Gasteiger partial charge in [0.05, 0.1) is 12.2 Å². The van der Waals surface area contributed by atoms with Crippen molar-refractivity contribution in [1.29, 1.82) is 0 Å². The molecule has 2 rings (SSSR count). The minimum absolute atomic E-state index is 0.195. The molecule has 2 fully saturated rings. The third-order valence-electron chi connectivity index (χ3n) is 2.81. The van der Waals surface area contributed by atoms with Gasteiger partial charge in [-0.05, 0) is 19.8 Å². The van der Waals surface area contributed by atoms with Crippen LogP contribution < -0.4 is 10.6 Å². The zero-order valence-corrected chi connectivity index (χ0v) is 8.64. The number of amides is 1. The normalized spacial score (nSPS) is 32.6. The van der Waals surface area contributed by atoms with Gasteiger partial charge in [0.1, 0.15) is 0 Å². The predicted octanol–water partition coefficient (Wildman–Crippen LogP) is -0.109. The number of hydrogen-bond acceptors (Lipinski definition) is 3. The fourth-order valence-electron chi connectivity index (χ4n) is 1.65. The van der Waals surface area contributed by atoms with Gasteiger partial charge >= 0.3 is 0 Å². The molecule has 0 aromatic rings. The summed E-state index contributed by atoms with van der Waals surface area (Å²) in [5, 5.41) is 6.22. The maximum atomic E-state index is 11.4. The zero-order chi connectivity index (χ0) is 10.0. The van der Waals surface area contributed by atoms with Crippen molar-refractivity contribution in [1.82, 2.24) is 10.6 Å². The van der Waals surface area contributed by atoms with Gasteiger partial charge in [-0.3, -0.25) is 4.79 Å². The first-order valence-corrected chi connectivity index (χ1v) is 5.32. The second kappa shape index (κ2) is 3.87. The van der Waals surface area contributed by atoms with Crippen molar-refractivity contribution >= 4 is 5.91 Å². The van der Waals surface area contributed by atoms with Crippen LogP contribution in [0.4, 0.5) is 0 Å². The SMILES string of the molecule is CC1(CNC(=O)C2CC2)CNCCO1. The fourth-order valence-corrected chi connectivity index (χ4v) is 1.65. The molecule has 0 aromatic heterocycles. The number of carbonyl (C=O) groups is 1. The van der Waals surface area contributed by atoms with Crippen LogP contribution in [0.5, 0.6) is 0 Å². The number of nitrogens with one attached hydrogen (secondary N) is 2. The Balaban J connectivity index is 1.74. The summed E-state index contributed by atoms with van der Waals surface area (Å²) < 4.78 is 5.64. The van der Waals surface area contributed by atoms with E-state index in [1.54, 1.807) is 0 Å². The number of hydrogen-bond donors (Lipinski definition) is 2. The molecule has 1 aliphatic carbocycles. The lowest BCUT2D eigenvalue weighted by Crippen LogP contribution is -2.54. The van der Waals surface area contributed by atoms with E-state index < -0.39 is 0 Å². The van der Waals surface area contributed by atoms with Gasteiger partial charge in [-0.25, -0.2) is 0 Å². The molecule has 0 aromatic carbocycles. The van der Waals surface area contributed by atoms with E-state index in [0.717, 1.165) is 32.5 Å². The van der Waals surface area contributed by atoms with Gasteiger partial charge < -0.3 is 15.4 Å². The summed E-state index contributed by atoms with van der Waals surface area (Å²) >= 11 is 0. The third-order valence-corrected chi connectivity index (χ3v) is 2.81. The Morgan fingerprint density at radius 2 is 2.43 bits per heavy atom. The number of morpholine rings is 1. The molecule has 0 spiro atoms. The Hall–Kier alpha value is -0.610. The number of rotatable bonds is 3. The molecule has 4 heteroatoms. The molecular weight excluding hydrogens is 180 g/mol. The Kier molecular flexibility index (Phi) is 2.74. The van der Waals surface area contributed by atoms with E-state index in [1.807, 2.05) is 6.92 Å². The molecule has 2 aliphatic rings. The average molecular weight is 198 g/mol. The van der Waals surface area contributed by atoms with Crippen LogP contribution in [0.15, 0.2) is 0 Å². The van der Waals surface area contributed by atoms with Gasteiger partial charge in [0.2, 0.25) is 5.91 Å². The van der Waals surface area contributed by atoms with Crippen molar-refractivity contribution in [2.24, 2.45) is 5.92 Å². The lowest BCUT2D eigenvalue weighted by atomic mass is 10.1. The highest BCUT2D eigenvalue weighted by Crippen LogP contribution is 2.28. The third kappa shape index (κ3) is 2.45. The summed E-state index contributed by atoms with van der Waals surface area (Å²) in [4.78, 5) is 11.4. The van der Waals surface area contributed by atoms with Crippen molar-refractivity contribution < 1.29 is 9.53 Å². The zero-order valence-electron chi connectivity index (χ0n) is 8.64. The van der Waals surface area contributed by atoms with Gasteiger partial charge in [0.25, 0.3) is 0 Å². The van der Waals surface area contributed by atoms with Gasteiger partial charge in [-0.1, -0.05) is 0 Å². The molecule has 1 saturated heterocycles. The lowest BCUT2D eigenvalue weighted by Gasteiger charge is -2.34. The van der Waals surface area contributed by atoms with Gasteiger partial charge in [0, 0.05) is 25.6 Å². The van der Waals surface area contributed by atoms with Crippen molar-refractivity contribution in [2.75, 3.05) is 26.2 Å². The summed E-state index contributed by atoms with van der Waals surface area (Å²) in [5.74, 6) is 0.482. The Morgan fingerprint density at radius 3 is 3.00 bits per heavy atom. The Labute approximate surface area is 84.4 Å². The fraction of sp³-hybridized carbons (Fsp3) is 0.900. The van der Waals surface area contributed by atoms with Gasteiger partial charge in [-0.15, -0.1) is 0 Å². The van der Waals surface area contributed by atoms with Crippen LogP contribution in [-0.2, 0) is 9.53 Å². The van der Waals surface area contributed by atoms with E-state index in [1.165, 1.54) is 0 Å². The summed E-state index contributed by atoms with van der Waals surface area (Å²) in [5.41, 5.74) is -0.219. The van der Waals surface area contributed by atoms with Crippen LogP contribution in [0, 0.1) is 5.92 Å². The first kappa shape index (κ1) is 9.93. The second-order valence-electron chi connectivity index (χ2n) is 4.47. The smallest absolute Gasteiger partial charge is 0.223 e. The Morgan fingerprint density at radius 1 is 1.64 bits per heavy atom. The first-order valence-electron chi connectivity index (χ1n) is 5.32. The maximum Gasteiger partial charge on any atom is 0.223 e. The standard InChI is InChI=1S/C10H18N2O2/c1-10(6-11-4-5-14-10)7-12-9(13)8-2-3-8/h8,11H,2-7H2,1H3,(H,12,13). The number of ether oxygens (including phenoxy) is 1. The summed E-state index contributed by atoms with van der Waals surface area (Å²) in [6.07, 6.45) is 2.11. The average Bonchev–Trinajstić information content (AvgIpc) is 2.99. The largest absolute Gasteiger partial charge is 0.371 e. The van der Waals surface area contributed by atoms with E-state index >= 15 is 0 Å². The highest BCUT2D eigenvalue weighted by atomic mass is 16.5. The molecule has 1 saturated carbocycles. The molecule has 0 bridgehead atoms. The molecule has 1 amide bonds. The summed E-state index contributed by atoms with van der Waals surface area (Å²) in [6, 6.07) is 0. The van der Waals surface area contributed by atoms with Gasteiger partial charge in [-0.2, -0.15) is 0 Å². The molecule has 1 unspecified atom stereocenters. The molecule has 14 heavy (non-hydrogen) atoms. The maximum absolute atomic E-state index is 11.4. The van der Waals surface area contributed by atoms with Crippen molar-refractivity contribution in [3.8, 4) is 0 Å². The molecule has 1 aliphatic heterocycles. The van der Waals surface area contributed by atoms with Crippen LogP contribution in [0.3, 0.4) is 0 Å². The topological polar surface area (TPSA) is 50.4 Å². The van der Waals surface area contributed by atoms with E-state index in [4.69, 9.17) is 4.74 Å². The molecule has 4 nitrogen and oxygen atoms in total.